The molecule has 0 saturated heterocycles. The Morgan fingerprint density at radius 3 is 2.76 bits per heavy atom. The molecule has 8 heteroatoms. The van der Waals surface area contributed by atoms with Gasteiger partial charge in [-0.1, -0.05) is 29.8 Å². The number of nitrogens with one attached hydrogen (secondary N) is 1. The third kappa shape index (κ3) is 5.30. The van der Waals surface area contributed by atoms with Gasteiger partial charge in [0.05, 0.1) is 28.9 Å². The molecule has 5 rings (SSSR count). The standard InChI is InChI=1S/C25H21N3O3S2/c1-16-6-8-18(9-7-16)30-14-24-27-17(15-32-24)12-23(29)26-13-19-10-11-21(31-19)25-28-20-4-2-3-5-22(20)33-25/h2-11,15H,12-14H2,1H3,(H,26,29). The van der Waals surface area contributed by atoms with Gasteiger partial charge in [0.15, 0.2) is 10.8 Å². The Balaban J connectivity index is 1.12. The molecule has 166 valence electrons. The van der Waals surface area contributed by atoms with Gasteiger partial charge in [-0.3, -0.25) is 4.79 Å². The van der Waals surface area contributed by atoms with Crippen LogP contribution in [0.2, 0.25) is 0 Å². The predicted octanol–water partition coefficient (Wildman–Crippen LogP) is 5.76. The number of aromatic nitrogens is 2. The topological polar surface area (TPSA) is 77.2 Å². The molecule has 0 fully saturated rings. The van der Waals surface area contributed by atoms with Gasteiger partial charge in [0.2, 0.25) is 5.91 Å². The lowest BCUT2D eigenvalue weighted by Crippen LogP contribution is -2.24. The fourth-order valence-corrected chi connectivity index (χ4v) is 4.89. The van der Waals surface area contributed by atoms with Crippen molar-refractivity contribution in [2.75, 3.05) is 0 Å². The summed E-state index contributed by atoms with van der Waals surface area (Å²) < 4.78 is 12.8. The van der Waals surface area contributed by atoms with Gasteiger partial charge < -0.3 is 14.5 Å². The molecule has 6 nitrogen and oxygen atoms in total. The Hall–Kier alpha value is -3.49. The highest BCUT2D eigenvalue weighted by atomic mass is 32.1. The number of fused-ring (bicyclic) bond motifs is 1. The number of ether oxygens (including phenoxy) is 1. The van der Waals surface area contributed by atoms with Crippen molar-refractivity contribution in [2.45, 2.75) is 26.5 Å². The molecule has 0 aliphatic carbocycles. The molecule has 0 atom stereocenters. The largest absolute Gasteiger partial charge is 0.486 e. The summed E-state index contributed by atoms with van der Waals surface area (Å²) >= 11 is 3.08. The molecule has 3 aromatic heterocycles. The number of nitrogens with zero attached hydrogens (tertiary/aromatic N) is 2. The van der Waals surface area contributed by atoms with Crippen molar-refractivity contribution in [3.63, 3.8) is 0 Å². The number of para-hydroxylation sites is 1. The third-order valence-electron chi connectivity index (χ3n) is 4.95. The summed E-state index contributed by atoms with van der Waals surface area (Å²) in [6, 6.07) is 19.6. The Morgan fingerprint density at radius 2 is 1.91 bits per heavy atom. The number of hydrogen-bond donors (Lipinski definition) is 1. The second-order valence-electron chi connectivity index (χ2n) is 7.54. The molecule has 0 radical (unpaired) electrons. The quantitative estimate of drug-likeness (QED) is 0.309. The summed E-state index contributed by atoms with van der Waals surface area (Å²) in [4.78, 5) is 21.5. The van der Waals surface area contributed by atoms with E-state index >= 15 is 0 Å². The van der Waals surface area contributed by atoms with Crippen LogP contribution in [0.4, 0.5) is 0 Å². The van der Waals surface area contributed by atoms with Gasteiger partial charge in [0, 0.05) is 5.38 Å². The molecule has 0 spiro atoms. The Kier molecular flexibility index (Phi) is 6.19. The van der Waals surface area contributed by atoms with Crippen LogP contribution < -0.4 is 10.1 Å². The molecule has 0 saturated carbocycles. The van der Waals surface area contributed by atoms with Crippen molar-refractivity contribution in [2.24, 2.45) is 0 Å². The molecule has 0 bridgehead atoms. The van der Waals surface area contributed by atoms with Crippen LogP contribution in [0.25, 0.3) is 21.0 Å². The molecule has 0 aliphatic rings. The normalized spacial score (nSPS) is 11.1. The van der Waals surface area contributed by atoms with Crippen molar-refractivity contribution < 1.29 is 13.9 Å². The van der Waals surface area contributed by atoms with Crippen LogP contribution in [0.5, 0.6) is 5.75 Å². The van der Waals surface area contributed by atoms with E-state index in [0.29, 0.717) is 24.7 Å². The van der Waals surface area contributed by atoms with E-state index < -0.39 is 0 Å². The molecule has 0 unspecified atom stereocenters. The van der Waals surface area contributed by atoms with E-state index in [2.05, 4.69) is 15.3 Å². The summed E-state index contributed by atoms with van der Waals surface area (Å²) in [5.41, 5.74) is 2.87. The van der Waals surface area contributed by atoms with Crippen molar-refractivity contribution >= 4 is 38.8 Å². The summed E-state index contributed by atoms with van der Waals surface area (Å²) in [6.45, 7) is 2.74. The second-order valence-corrected chi connectivity index (χ2v) is 9.51. The first kappa shape index (κ1) is 21.4. The van der Waals surface area contributed by atoms with Gasteiger partial charge in [0.1, 0.15) is 23.1 Å². The van der Waals surface area contributed by atoms with E-state index in [4.69, 9.17) is 9.15 Å². The molecule has 1 amide bonds. The lowest BCUT2D eigenvalue weighted by molar-refractivity contribution is -0.120. The van der Waals surface area contributed by atoms with E-state index in [1.54, 1.807) is 11.3 Å². The predicted molar refractivity (Wildman–Crippen MR) is 130 cm³/mol. The van der Waals surface area contributed by atoms with Gasteiger partial charge in [-0.15, -0.1) is 22.7 Å². The van der Waals surface area contributed by atoms with E-state index in [0.717, 1.165) is 31.7 Å². The molecule has 0 aliphatic heterocycles. The SMILES string of the molecule is Cc1ccc(OCc2nc(CC(=O)NCc3ccc(-c4nc5ccccc5s4)o3)cs2)cc1. The number of thiazole rings is 2. The molecule has 1 N–H and O–H groups in total. The van der Waals surface area contributed by atoms with Crippen LogP contribution in [-0.4, -0.2) is 15.9 Å². The first-order chi connectivity index (χ1) is 16.1. The summed E-state index contributed by atoms with van der Waals surface area (Å²) in [7, 11) is 0. The average Bonchev–Trinajstić information content (AvgIpc) is 3.56. The van der Waals surface area contributed by atoms with Crippen molar-refractivity contribution in [1.29, 1.82) is 0 Å². The van der Waals surface area contributed by atoms with Crippen molar-refractivity contribution in [3.8, 4) is 16.5 Å². The average molecular weight is 476 g/mol. The van der Waals surface area contributed by atoms with Gasteiger partial charge in [-0.25, -0.2) is 9.97 Å². The minimum absolute atomic E-state index is 0.107. The van der Waals surface area contributed by atoms with Crippen molar-refractivity contribution in [1.82, 2.24) is 15.3 Å². The van der Waals surface area contributed by atoms with Crippen LogP contribution in [0, 0.1) is 6.92 Å². The Bertz CT molecular complexity index is 1350. The lowest BCUT2D eigenvalue weighted by atomic mass is 10.2. The Morgan fingerprint density at radius 1 is 1.06 bits per heavy atom. The number of rotatable bonds is 8. The zero-order valence-electron chi connectivity index (χ0n) is 17.9. The minimum Gasteiger partial charge on any atom is -0.486 e. The highest BCUT2D eigenvalue weighted by molar-refractivity contribution is 7.21. The van der Waals surface area contributed by atoms with E-state index in [1.807, 2.05) is 73.0 Å². The van der Waals surface area contributed by atoms with Gasteiger partial charge in [-0.2, -0.15) is 0 Å². The van der Waals surface area contributed by atoms with E-state index in [-0.39, 0.29) is 12.3 Å². The zero-order chi connectivity index (χ0) is 22.6. The van der Waals surface area contributed by atoms with E-state index in [1.165, 1.54) is 16.9 Å². The second kappa shape index (κ2) is 9.56. The number of carbonyl (C=O) groups excluding carboxylic acids is 1. The molecule has 33 heavy (non-hydrogen) atoms. The van der Waals surface area contributed by atoms with Crippen LogP contribution in [-0.2, 0) is 24.4 Å². The maximum atomic E-state index is 12.4. The van der Waals surface area contributed by atoms with Crippen LogP contribution in [0.1, 0.15) is 22.0 Å². The number of hydrogen-bond acceptors (Lipinski definition) is 7. The number of carbonyl (C=O) groups is 1. The third-order valence-corrected chi connectivity index (χ3v) is 6.87. The maximum Gasteiger partial charge on any atom is 0.226 e. The first-order valence-corrected chi connectivity index (χ1v) is 12.2. The smallest absolute Gasteiger partial charge is 0.226 e. The monoisotopic (exact) mass is 475 g/mol. The van der Waals surface area contributed by atoms with E-state index in [9.17, 15) is 4.79 Å². The molecule has 5 aromatic rings. The first-order valence-electron chi connectivity index (χ1n) is 10.5. The minimum atomic E-state index is -0.107. The molecular formula is C25H21N3O3S2. The number of benzene rings is 2. The molecular weight excluding hydrogens is 454 g/mol. The van der Waals surface area contributed by atoms with Crippen LogP contribution in [0.3, 0.4) is 0 Å². The van der Waals surface area contributed by atoms with Crippen LogP contribution in [0.15, 0.2) is 70.5 Å². The molecule has 3 heterocycles. The van der Waals surface area contributed by atoms with Gasteiger partial charge in [0.25, 0.3) is 0 Å². The summed E-state index contributed by atoms with van der Waals surface area (Å²) in [5.74, 6) is 2.09. The highest BCUT2D eigenvalue weighted by Gasteiger charge is 2.12. The molecule has 2 aromatic carbocycles. The summed E-state index contributed by atoms with van der Waals surface area (Å²) in [5, 5.41) is 6.46. The van der Waals surface area contributed by atoms with Crippen molar-refractivity contribution in [3.05, 3.63) is 88.1 Å². The van der Waals surface area contributed by atoms with Gasteiger partial charge in [-0.05, 0) is 43.3 Å². The zero-order valence-corrected chi connectivity index (χ0v) is 19.5. The van der Waals surface area contributed by atoms with Gasteiger partial charge >= 0.3 is 0 Å². The Labute approximate surface area is 198 Å². The maximum absolute atomic E-state index is 12.4. The number of aryl methyl sites for hydroxylation is 1. The summed E-state index contributed by atoms with van der Waals surface area (Å²) in [6.07, 6.45) is 0.215. The number of amides is 1. The fraction of sp³-hybridized carbons (Fsp3) is 0.160. The highest BCUT2D eigenvalue weighted by Crippen LogP contribution is 2.31. The fourth-order valence-electron chi connectivity index (χ4n) is 3.25. The number of furan rings is 1. The van der Waals surface area contributed by atoms with Crippen LogP contribution >= 0.6 is 22.7 Å². The lowest BCUT2D eigenvalue weighted by Gasteiger charge is -2.04.